The molecule has 20 heavy (non-hydrogen) atoms. The Bertz CT molecular complexity index is 444. The molecule has 0 aliphatic heterocycles. The van der Waals surface area contributed by atoms with Gasteiger partial charge in [-0.1, -0.05) is 12.7 Å². The van der Waals surface area contributed by atoms with E-state index in [4.69, 9.17) is 9.47 Å². The zero-order chi connectivity index (χ0) is 14.5. The Morgan fingerprint density at radius 2 is 2.00 bits per heavy atom. The fourth-order valence-electron chi connectivity index (χ4n) is 1.52. The van der Waals surface area contributed by atoms with Gasteiger partial charge in [0.15, 0.2) is 11.5 Å². The summed E-state index contributed by atoms with van der Waals surface area (Å²) >= 11 is 3.52. The lowest BCUT2D eigenvalue weighted by Crippen LogP contribution is -2.35. The van der Waals surface area contributed by atoms with Crippen LogP contribution in [-0.4, -0.2) is 19.3 Å². The molecule has 0 amide bonds. The van der Waals surface area contributed by atoms with E-state index in [1.807, 2.05) is 12.1 Å². The molecule has 0 aliphatic carbocycles. The molecule has 0 saturated carbocycles. The number of hydrogen-bond donors (Lipinski definition) is 1. The predicted octanol–water partition coefficient (Wildman–Crippen LogP) is 4.33. The summed E-state index contributed by atoms with van der Waals surface area (Å²) < 4.78 is 11.9. The number of methoxy groups -OCH3 is 1. The largest absolute Gasteiger partial charge is 0.493 e. The highest BCUT2D eigenvalue weighted by atomic mass is 79.9. The highest BCUT2D eigenvalue weighted by Crippen LogP contribution is 2.36. The van der Waals surface area contributed by atoms with Crippen LogP contribution in [-0.2, 0) is 6.54 Å². The predicted molar refractivity (Wildman–Crippen MR) is 90.2 cm³/mol. The van der Waals surface area contributed by atoms with Crippen molar-refractivity contribution in [2.75, 3.05) is 13.7 Å². The minimum Gasteiger partial charge on any atom is -0.493 e. The van der Waals surface area contributed by atoms with Crippen LogP contribution in [0, 0.1) is 0 Å². The molecule has 0 unspecified atom stereocenters. The van der Waals surface area contributed by atoms with Crippen molar-refractivity contribution in [3.8, 4) is 11.5 Å². The summed E-state index contributed by atoms with van der Waals surface area (Å²) in [6.07, 6.45) is 1.71. The molecule has 1 aromatic rings. The van der Waals surface area contributed by atoms with Crippen LogP contribution in [0.5, 0.6) is 11.5 Å². The molecule has 1 aromatic carbocycles. The summed E-state index contributed by atoms with van der Waals surface area (Å²) in [5.41, 5.74) is 1.22. The van der Waals surface area contributed by atoms with Crippen molar-refractivity contribution in [2.45, 2.75) is 32.9 Å². The number of nitrogens with one attached hydrogen (secondary N) is 1. The molecule has 0 spiro atoms. The van der Waals surface area contributed by atoms with Gasteiger partial charge in [0.1, 0.15) is 6.61 Å². The van der Waals surface area contributed by atoms with E-state index in [0.717, 1.165) is 22.3 Å². The SMILES string of the molecule is C=CCOc1c(Br)cc(CNC(C)(C)C)cc1OC.Cl. The number of benzene rings is 1. The molecule has 5 heteroatoms. The summed E-state index contributed by atoms with van der Waals surface area (Å²) in [4.78, 5) is 0. The van der Waals surface area contributed by atoms with Crippen molar-refractivity contribution in [1.82, 2.24) is 5.32 Å². The lowest BCUT2D eigenvalue weighted by molar-refractivity contribution is 0.324. The van der Waals surface area contributed by atoms with Crippen LogP contribution < -0.4 is 14.8 Å². The molecule has 114 valence electrons. The average molecular weight is 365 g/mol. The first-order chi connectivity index (χ1) is 8.87. The summed E-state index contributed by atoms with van der Waals surface area (Å²) in [5.74, 6) is 1.43. The quantitative estimate of drug-likeness (QED) is 0.762. The summed E-state index contributed by atoms with van der Waals surface area (Å²) in [6.45, 7) is 11.3. The van der Waals surface area contributed by atoms with Gasteiger partial charge < -0.3 is 14.8 Å². The Balaban J connectivity index is 0.00000361. The first kappa shape index (κ1) is 19.3. The maximum atomic E-state index is 5.60. The Morgan fingerprint density at radius 1 is 1.35 bits per heavy atom. The van der Waals surface area contributed by atoms with Gasteiger partial charge >= 0.3 is 0 Å². The van der Waals surface area contributed by atoms with Gasteiger partial charge in [-0.25, -0.2) is 0 Å². The second-order valence-corrected chi connectivity index (χ2v) is 6.17. The van der Waals surface area contributed by atoms with Crippen LogP contribution in [0.25, 0.3) is 0 Å². The van der Waals surface area contributed by atoms with Crippen molar-refractivity contribution in [3.63, 3.8) is 0 Å². The Labute approximate surface area is 136 Å². The van der Waals surface area contributed by atoms with Gasteiger partial charge in [-0.15, -0.1) is 12.4 Å². The van der Waals surface area contributed by atoms with E-state index < -0.39 is 0 Å². The van der Waals surface area contributed by atoms with Crippen molar-refractivity contribution in [2.24, 2.45) is 0 Å². The summed E-state index contributed by atoms with van der Waals surface area (Å²) in [6, 6.07) is 4.03. The molecule has 0 saturated heterocycles. The van der Waals surface area contributed by atoms with Gasteiger partial charge in [0, 0.05) is 12.1 Å². The minimum atomic E-state index is 0. The van der Waals surface area contributed by atoms with E-state index >= 15 is 0 Å². The molecule has 0 fully saturated rings. The molecule has 0 heterocycles. The second-order valence-electron chi connectivity index (χ2n) is 5.31. The van der Waals surface area contributed by atoms with Gasteiger partial charge in [0.25, 0.3) is 0 Å². The van der Waals surface area contributed by atoms with Crippen LogP contribution in [0.3, 0.4) is 0 Å². The number of ether oxygens (including phenoxy) is 2. The maximum Gasteiger partial charge on any atom is 0.175 e. The van der Waals surface area contributed by atoms with Crippen LogP contribution in [0.1, 0.15) is 26.3 Å². The molecule has 0 aromatic heterocycles. The van der Waals surface area contributed by atoms with Crippen LogP contribution in [0.4, 0.5) is 0 Å². The van der Waals surface area contributed by atoms with Crippen LogP contribution in [0.15, 0.2) is 29.3 Å². The third kappa shape index (κ3) is 6.16. The van der Waals surface area contributed by atoms with Gasteiger partial charge in [0.05, 0.1) is 11.6 Å². The van der Waals surface area contributed by atoms with E-state index in [-0.39, 0.29) is 17.9 Å². The van der Waals surface area contributed by atoms with Crippen molar-refractivity contribution in [1.29, 1.82) is 0 Å². The highest BCUT2D eigenvalue weighted by molar-refractivity contribution is 9.10. The fraction of sp³-hybridized carbons (Fsp3) is 0.467. The van der Waals surface area contributed by atoms with Gasteiger partial charge in [-0.2, -0.15) is 0 Å². The van der Waals surface area contributed by atoms with E-state index in [2.05, 4.69) is 48.6 Å². The van der Waals surface area contributed by atoms with E-state index in [1.54, 1.807) is 13.2 Å². The highest BCUT2D eigenvalue weighted by Gasteiger charge is 2.13. The smallest absolute Gasteiger partial charge is 0.175 e. The van der Waals surface area contributed by atoms with Crippen molar-refractivity contribution in [3.05, 3.63) is 34.8 Å². The second kappa shape index (κ2) is 8.55. The Morgan fingerprint density at radius 3 is 2.50 bits per heavy atom. The van der Waals surface area contributed by atoms with Gasteiger partial charge in [-0.3, -0.25) is 0 Å². The van der Waals surface area contributed by atoms with Gasteiger partial charge in [0.2, 0.25) is 0 Å². The van der Waals surface area contributed by atoms with Crippen LogP contribution in [0.2, 0.25) is 0 Å². The average Bonchev–Trinajstić information content (AvgIpc) is 2.33. The first-order valence-corrected chi connectivity index (χ1v) is 7.02. The molecule has 1 N–H and O–H groups in total. The molecular formula is C15H23BrClNO2. The third-order valence-electron chi connectivity index (χ3n) is 2.46. The number of halogens is 2. The number of rotatable bonds is 6. The lowest BCUT2D eigenvalue weighted by atomic mass is 10.1. The maximum absolute atomic E-state index is 5.60. The monoisotopic (exact) mass is 363 g/mol. The first-order valence-electron chi connectivity index (χ1n) is 6.22. The minimum absolute atomic E-state index is 0. The van der Waals surface area contributed by atoms with E-state index in [9.17, 15) is 0 Å². The van der Waals surface area contributed by atoms with Crippen LogP contribution >= 0.6 is 28.3 Å². The van der Waals surface area contributed by atoms with E-state index in [1.165, 1.54) is 0 Å². The zero-order valence-corrected chi connectivity index (χ0v) is 14.9. The fourth-order valence-corrected chi connectivity index (χ4v) is 2.13. The van der Waals surface area contributed by atoms with Crippen molar-refractivity contribution >= 4 is 28.3 Å². The zero-order valence-electron chi connectivity index (χ0n) is 12.5. The molecule has 1 rings (SSSR count). The standard InChI is InChI=1S/C15H22BrNO2.ClH/c1-6-7-19-14-12(16)8-11(9-13(14)18-5)10-17-15(2,3)4;/h6,8-9,17H,1,7,10H2,2-5H3;1H. The molecule has 0 atom stereocenters. The number of hydrogen-bond acceptors (Lipinski definition) is 3. The molecule has 0 bridgehead atoms. The Kier molecular flexibility index (Phi) is 8.25. The normalized spacial score (nSPS) is 10.7. The van der Waals surface area contributed by atoms with Crippen molar-refractivity contribution < 1.29 is 9.47 Å². The van der Waals surface area contributed by atoms with E-state index in [0.29, 0.717) is 12.4 Å². The molecule has 0 aliphatic rings. The molecule has 3 nitrogen and oxygen atoms in total. The molecule has 0 radical (unpaired) electrons. The summed E-state index contributed by atoms with van der Waals surface area (Å²) in [5, 5.41) is 3.45. The summed E-state index contributed by atoms with van der Waals surface area (Å²) in [7, 11) is 1.64. The lowest BCUT2D eigenvalue weighted by Gasteiger charge is -2.21. The third-order valence-corrected chi connectivity index (χ3v) is 3.05. The topological polar surface area (TPSA) is 30.5 Å². The molecular weight excluding hydrogens is 342 g/mol. The Hall–Kier alpha value is -0.710. The van der Waals surface area contributed by atoms with Gasteiger partial charge in [-0.05, 0) is 54.4 Å².